The zero-order chi connectivity index (χ0) is 17.2. The maximum absolute atomic E-state index is 12.6. The number of hydrogen-bond acceptors (Lipinski definition) is 5. The van der Waals surface area contributed by atoms with E-state index in [0.29, 0.717) is 17.8 Å². The van der Waals surface area contributed by atoms with Gasteiger partial charge in [-0.1, -0.05) is 0 Å². The van der Waals surface area contributed by atoms with Crippen molar-refractivity contribution < 1.29 is 9.21 Å². The monoisotopic (exact) mass is 339 g/mol. The van der Waals surface area contributed by atoms with E-state index in [2.05, 4.69) is 20.3 Å². The van der Waals surface area contributed by atoms with Crippen molar-refractivity contribution in [1.29, 1.82) is 0 Å². The van der Waals surface area contributed by atoms with Crippen LogP contribution in [-0.2, 0) is 0 Å². The first-order valence-corrected chi connectivity index (χ1v) is 8.58. The van der Waals surface area contributed by atoms with Crippen LogP contribution in [0, 0.1) is 6.92 Å². The molecule has 0 unspecified atom stereocenters. The molecular weight excluding hydrogens is 318 g/mol. The van der Waals surface area contributed by atoms with Crippen LogP contribution in [-0.4, -0.2) is 45.0 Å². The maximum atomic E-state index is 12.6. The Morgan fingerprint density at radius 2 is 2.20 bits per heavy atom. The highest BCUT2D eigenvalue weighted by Crippen LogP contribution is 2.25. The highest BCUT2D eigenvalue weighted by atomic mass is 16.3. The SMILES string of the molecule is Cc1cnc2c(C(=O)NC[C@H](c3ccco3)N3CCCC3)cnn2c1. The van der Waals surface area contributed by atoms with Crippen LogP contribution in [0.4, 0.5) is 0 Å². The molecule has 4 rings (SSSR count). The molecule has 3 aromatic heterocycles. The standard InChI is InChI=1S/C18H21N5O2/c1-13-9-19-17-14(10-21-23(17)12-13)18(24)20-11-15(16-5-4-8-25-16)22-6-2-3-7-22/h4-5,8-10,12,15H,2-3,6-7,11H2,1H3,(H,20,24)/t15-/m1/s1. The molecule has 1 fully saturated rings. The fourth-order valence-electron chi connectivity index (χ4n) is 3.36. The lowest BCUT2D eigenvalue weighted by Gasteiger charge is -2.25. The minimum absolute atomic E-state index is 0.0542. The molecule has 7 nitrogen and oxygen atoms in total. The van der Waals surface area contributed by atoms with Crippen molar-refractivity contribution >= 4 is 11.6 Å². The summed E-state index contributed by atoms with van der Waals surface area (Å²) in [4.78, 5) is 19.3. The van der Waals surface area contributed by atoms with Crippen LogP contribution >= 0.6 is 0 Å². The zero-order valence-electron chi connectivity index (χ0n) is 14.2. The summed E-state index contributed by atoms with van der Waals surface area (Å²) in [7, 11) is 0. The van der Waals surface area contributed by atoms with E-state index >= 15 is 0 Å². The number of rotatable bonds is 5. The third-order valence-electron chi connectivity index (χ3n) is 4.64. The Bertz CT molecular complexity index is 865. The Kier molecular flexibility index (Phi) is 4.23. The van der Waals surface area contributed by atoms with Gasteiger partial charge in [0.2, 0.25) is 0 Å². The quantitative estimate of drug-likeness (QED) is 0.771. The summed E-state index contributed by atoms with van der Waals surface area (Å²) >= 11 is 0. The molecule has 7 heteroatoms. The molecule has 0 radical (unpaired) electrons. The molecule has 0 aliphatic carbocycles. The predicted molar refractivity (Wildman–Crippen MR) is 92.3 cm³/mol. The maximum Gasteiger partial charge on any atom is 0.256 e. The minimum Gasteiger partial charge on any atom is -0.468 e. The third kappa shape index (κ3) is 3.15. The van der Waals surface area contributed by atoms with Crippen molar-refractivity contribution in [2.24, 2.45) is 0 Å². The smallest absolute Gasteiger partial charge is 0.256 e. The van der Waals surface area contributed by atoms with Crippen molar-refractivity contribution in [2.45, 2.75) is 25.8 Å². The first-order valence-electron chi connectivity index (χ1n) is 8.58. The highest BCUT2D eigenvalue weighted by molar-refractivity contribution is 5.99. The van der Waals surface area contributed by atoms with Crippen LogP contribution in [0.5, 0.6) is 0 Å². The molecule has 0 aromatic carbocycles. The molecule has 1 atom stereocenters. The second kappa shape index (κ2) is 6.68. The number of carbonyl (C=O) groups is 1. The Labute approximate surface area is 145 Å². The van der Waals surface area contributed by atoms with Gasteiger partial charge in [-0.3, -0.25) is 9.69 Å². The molecule has 1 aliphatic heterocycles. The zero-order valence-corrected chi connectivity index (χ0v) is 14.2. The Hall–Kier alpha value is -2.67. The molecule has 1 aliphatic rings. The van der Waals surface area contributed by atoms with E-state index in [1.54, 1.807) is 23.2 Å². The number of fused-ring (bicyclic) bond motifs is 1. The normalized spacial score (nSPS) is 16.4. The number of furan rings is 1. The molecule has 0 saturated carbocycles. The summed E-state index contributed by atoms with van der Waals surface area (Å²) in [6.45, 7) is 4.49. The molecule has 1 saturated heterocycles. The fraction of sp³-hybridized carbons (Fsp3) is 0.389. The lowest BCUT2D eigenvalue weighted by Crippen LogP contribution is -2.36. The fourth-order valence-corrected chi connectivity index (χ4v) is 3.36. The second-order valence-corrected chi connectivity index (χ2v) is 6.44. The van der Waals surface area contributed by atoms with Crippen molar-refractivity contribution in [3.63, 3.8) is 0 Å². The molecule has 25 heavy (non-hydrogen) atoms. The van der Waals surface area contributed by atoms with Gasteiger partial charge in [-0.05, 0) is 50.6 Å². The van der Waals surface area contributed by atoms with Gasteiger partial charge < -0.3 is 9.73 Å². The van der Waals surface area contributed by atoms with Gasteiger partial charge in [-0.25, -0.2) is 9.50 Å². The average Bonchev–Trinajstić information content (AvgIpc) is 3.36. The van der Waals surface area contributed by atoms with Gasteiger partial charge in [0.1, 0.15) is 11.3 Å². The van der Waals surface area contributed by atoms with Gasteiger partial charge in [0.25, 0.3) is 5.91 Å². The van der Waals surface area contributed by atoms with E-state index in [-0.39, 0.29) is 11.9 Å². The summed E-state index contributed by atoms with van der Waals surface area (Å²) in [5.41, 5.74) is 2.05. The largest absolute Gasteiger partial charge is 0.468 e. The summed E-state index contributed by atoms with van der Waals surface area (Å²) in [6, 6.07) is 3.91. The third-order valence-corrected chi connectivity index (χ3v) is 4.64. The number of nitrogens with zero attached hydrogens (tertiary/aromatic N) is 4. The van der Waals surface area contributed by atoms with Crippen LogP contribution in [0.25, 0.3) is 5.65 Å². The van der Waals surface area contributed by atoms with Gasteiger partial charge in [0.05, 0.1) is 18.5 Å². The van der Waals surface area contributed by atoms with Gasteiger partial charge in [-0.15, -0.1) is 0 Å². The predicted octanol–water partition coefficient (Wildman–Crippen LogP) is 2.20. The van der Waals surface area contributed by atoms with Gasteiger partial charge >= 0.3 is 0 Å². The molecule has 1 N–H and O–H groups in total. The molecular formula is C18H21N5O2. The topological polar surface area (TPSA) is 75.7 Å². The molecule has 3 aromatic rings. The van der Waals surface area contributed by atoms with Crippen molar-refractivity contribution in [3.05, 3.63) is 53.9 Å². The summed E-state index contributed by atoms with van der Waals surface area (Å²) < 4.78 is 7.23. The van der Waals surface area contributed by atoms with Gasteiger partial charge in [0.15, 0.2) is 5.65 Å². The van der Waals surface area contributed by atoms with Gasteiger partial charge in [-0.2, -0.15) is 5.10 Å². The lowest BCUT2D eigenvalue weighted by molar-refractivity contribution is 0.0935. The summed E-state index contributed by atoms with van der Waals surface area (Å²) in [5, 5.41) is 7.24. The number of carbonyl (C=O) groups excluding carboxylic acids is 1. The van der Waals surface area contributed by atoms with Crippen LogP contribution in [0.3, 0.4) is 0 Å². The van der Waals surface area contributed by atoms with Crippen molar-refractivity contribution in [3.8, 4) is 0 Å². The first-order chi connectivity index (χ1) is 12.2. The minimum atomic E-state index is -0.165. The molecule has 130 valence electrons. The number of aryl methyl sites for hydroxylation is 1. The van der Waals surface area contributed by atoms with E-state index in [1.807, 2.05) is 25.3 Å². The van der Waals surface area contributed by atoms with Crippen molar-refractivity contribution in [1.82, 2.24) is 24.8 Å². The number of likely N-dealkylation sites (tertiary alicyclic amines) is 1. The number of amides is 1. The van der Waals surface area contributed by atoms with Crippen molar-refractivity contribution in [2.75, 3.05) is 19.6 Å². The summed E-state index contributed by atoms with van der Waals surface area (Å²) in [6.07, 6.45) is 9.20. The van der Waals surface area contributed by atoms with E-state index in [4.69, 9.17) is 4.42 Å². The van der Waals surface area contributed by atoms with Crippen LogP contribution in [0.1, 0.15) is 40.6 Å². The van der Waals surface area contributed by atoms with Crippen LogP contribution < -0.4 is 5.32 Å². The molecule has 1 amide bonds. The average molecular weight is 339 g/mol. The molecule has 4 heterocycles. The Balaban J connectivity index is 1.51. The van der Waals surface area contributed by atoms with E-state index in [0.717, 1.165) is 24.4 Å². The summed E-state index contributed by atoms with van der Waals surface area (Å²) in [5.74, 6) is 0.720. The van der Waals surface area contributed by atoms with E-state index in [9.17, 15) is 4.79 Å². The van der Waals surface area contributed by atoms with Crippen LogP contribution in [0.2, 0.25) is 0 Å². The number of hydrogen-bond donors (Lipinski definition) is 1. The number of nitrogens with one attached hydrogen (secondary N) is 1. The first kappa shape index (κ1) is 15.8. The van der Waals surface area contributed by atoms with E-state index in [1.165, 1.54) is 12.8 Å². The second-order valence-electron chi connectivity index (χ2n) is 6.44. The Morgan fingerprint density at radius 3 is 2.96 bits per heavy atom. The van der Waals surface area contributed by atoms with Gasteiger partial charge in [0, 0.05) is 18.9 Å². The molecule has 0 bridgehead atoms. The number of aromatic nitrogens is 3. The highest BCUT2D eigenvalue weighted by Gasteiger charge is 2.26. The van der Waals surface area contributed by atoms with E-state index < -0.39 is 0 Å². The lowest BCUT2D eigenvalue weighted by atomic mass is 10.2. The Morgan fingerprint density at radius 1 is 1.36 bits per heavy atom. The van der Waals surface area contributed by atoms with Crippen LogP contribution in [0.15, 0.2) is 41.4 Å². The molecule has 0 spiro atoms.